The Kier molecular flexibility index (Phi) is 6.29. The Hall–Kier alpha value is -3.34. The topological polar surface area (TPSA) is 129 Å². The van der Waals surface area contributed by atoms with E-state index in [0.717, 1.165) is 18.4 Å². The SMILES string of the molecule is CC(C)(C)OC(=O)NC1(CC(=O)NNC(=O)[C@@H]2CC3(CC3)[C@H]3CN2C(=O)N3OCc2ccccc2)CC1. The van der Waals surface area contributed by atoms with E-state index in [1.807, 2.05) is 30.3 Å². The van der Waals surface area contributed by atoms with Crippen LogP contribution in [0, 0.1) is 5.41 Å². The normalized spacial score (nSPS) is 24.5. The number of urea groups is 1. The minimum Gasteiger partial charge on any atom is -0.444 e. The largest absolute Gasteiger partial charge is 0.444 e. The second kappa shape index (κ2) is 9.20. The van der Waals surface area contributed by atoms with Crippen molar-refractivity contribution in [3.05, 3.63) is 35.9 Å². The molecular weight excluding hydrogens is 478 g/mol. The molecule has 0 unspecified atom stereocenters. The van der Waals surface area contributed by atoms with E-state index in [2.05, 4.69) is 16.2 Å². The Morgan fingerprint density at radius 2 is 1.76 bits per heavy atom. The number of benzene rings is 1. The van der Waals surface area contributed by atoms with Crippen LogP contribution < -0.4 is 16.2 Å². The molecule has 0 radical (unpaired) electrons. The van der Waals surface area contributed by atoms with Gasteiger partial charge >= 0.3 is 12.1 Å². The van der Waals surface area contributed by atoms with Crippen LogP contribution in [-0.4, -0.2) is 63.7 Å². The molecule has 2 bridgehead atoms. The van der Waals surface area contributed by atoms with Crippen molar-refractivity contribution >= 4 is 23.9 Å². The lowest BCUT2D eigenvalue weighted by atomic mass is 9.85. The van der Waals surface area contributed by atoms with Crippen molar-refractivity contribution in [3.8, 4) is 0 Å². The first-order chi connectivity index (χ1) is 17.5. The molecule has 5 amide bonds. The van der Waals surface area contributed by atoms with Crippen LogP contribution in [0.3, 0.4) is 0 Å². The summed E-state index contributed by atoms with van der Waals surface area (Å²) in [7, 11) is 0. The Morgan fingerprint density at radius 3 is 2.38 bits per heavy atom. The van der Waals surface area contributed by atoms with E-state index >= 15 is 0 Å². The van der Waals surface area contributed by atoms with Crippen LogP contribution >= 0.6 is 0 Å². The molecule has 11 heteroatoms. The van der Waals surface area contributed by atoms with Gasteiger partial charge in [-0.05, 0) is 63.9 Å². The van der Waals surface area contributed by atoms with Crippen LogP contribution in [-0.2, 0) is 25.8 Å². The van der Waals surface area contributed by atoms with Crippen LogP contribution in [0.2, 0.25) is 0 Å². The van der Waals surface area contributed by atoms with Gasteiger partial charge in [0, 0.05) is 6.54 Å². The van der Waals surface area contributed by atoms with Gasteiger partial charge in [-0.25, -0.2) is 9.59 Å². The number of piperidine rings is 1. The van der Waals surface area contributed by atoms with Gasteiger partial charge in [-0.1, -0.05) is 30.3 Å². The van der Waals surface area contributed by atoms with Gasteiger partial charge in [0.05, 0.1) is 18.0 Å². The Morgan fingerprint density at radius 1 is 1.05 bits per heavy atom. The van der Waals surface area contributed by atoms with E-state index in [-0.39, 0.29) is 30.5 Å². The van der Waals surface area contributed by atoms with Crippen LogP contribution in [0.15, 0.2) is 30.3 Å². The summed E-state index contributed by atoms with van der Waals surface area (Å²) in [4.78, 5) is 58.4. The molecule has 0 aromatic heterocycles. The summed E-state index contributed by atoms with van der Waals surface area (Å²) in [6, 6.07) is 8.54. The minimum atomic E-state index is -0.688. The monoisotopic (exact) mass is 513 g/mol. The number of nitrogens with one attached hydrogen (secondary N) is 3. The zero-order valence-electron chi connectivity index (χ0n) is 21.5. The van der Waals surface area contributed by atoms with Gasteiger partial charge in [0.2, 0.25) is 5.91 Å². The third-order valence-electron chi connectivity index (χ3n) is 7.62. The molecule has 2 atom stereocenters. The first-order valence-electron chi connectivity index (χ1n) is 12.9. The number of ether oxygens (including phenoxy) is 1. The van der Waals surface area contributed by atoms with Gasteiger partial charge in [-0.15, -0.1) is 0 Å². The number of amides is 5. The molecule has 2 heterocycles. The molecule has 200 valence electrons. The molecule has 11 nitrogen and oxygen atoms in total. The Balaban J connectivity index is 1.14. The third-order valence-corrected chi connectivity index (χ3v) is 7.62. The second-order valence-electron chi connectivity index (χ2n) is 11.7. The van der Waals surface area contributed by atoms with Crippen molar-refractivity contribution in [3.63, 3.8) is 0 Å². The summed E-state index contributed by atoms with van der Waals surface area (Å²) in [5, 5.41) is 4.22. The first kappa shape index (κ1) is 25.3. The summed E-state index contributed by atoms with van der Waals surface area (Å²) in [5.41, 5.74) is 4.49. The molecule has 4 fully saturated rings. The molecule has 1 spiro atoms. The molecular formula is C26H35N5O6. The second-order valence-corrected chi connectivity index (χ2v) is 11.7. The van der Waals surface area contributed by atoms with Crippen molar-refractivity contribution in [1.82, 2.24) is 26.1 Å². The van der Waals surface area contributed by atoms with Gasteiger partial charge in [0.1, 0.15) is 18.2 Å². The molecule has 1 aromatic rings. The predicted molar refractivity (Wildman–Crippen MR) is 131 cm³/mol. The maximum atomic E-state index is 13.2. The number of hydrogen-bond acceptors (Lipinski definition) is 6. The van der Waals surface area contributed by atoms with Crippen LogP contribution in [0.5, 0.6) is 0 Å². The standard InChI is InChI=1S/C26H35N5O6/c1-24(2,3)37-22(34)27-26(11-12-26)14-20(32)28-29-21(33)18-13-25(9-10-25)19-15-30(18)23(35)31(19)36-16-17-7-5-4-6-8-17/h4-8,18-19H,9-16H2,1-3H3,(H,27,34)(H,28,32)(H,29,33)/t18-,19+/m0/s1. The number of hydrazine groups is 1. The fraction of sp³-hybridized carbons (Fsp3) is 0.615. The van der Waals surface area contributed by atoms with E-state index in [1.165, 1.54) is 9.96 Å². The number of carbonyl (C=O) groups is 4. The van der Waals surface area contributed by atoms with Crippen molar-refractivity contribution in [2.24, 2.45) is 5.41 Å². The highest BCUT2D eigenvalue weighted by atomic mass is 16.7. The molecule has 2 saturated heterocycles. The van der Waals surface area contributed by atoms with Crippen LogP contribution in [0.4, 0.5) is 9.59 Å². The lowest BCUT2D eigenvalue weighted by Gasteiger charge is -2.35. The zero-order valence-corrected chi connectivity index (χ0v) is 21.5. The summed E-state index contributed by atoms with van der Waals surface area (Å²) >= 11 is 0. The fourth-order valence-corrected chi connectivity index (χ4v) is 5.31. The molecule has 2 aliphatic heterocycles. The Bertz CT molecular complexity index is 1080. The van der Waals surface area contributed by atoms with E-state index in [9.17, 15) is 19.2 Å². The molecule has 37 heavy (non-hydrogen) atoms. The van der Waals surface area contributed by atoms with E-state index in [1.54, 1.807) is 20.8 Å². The molecule has 4 aliphatic rings. The predicted octanol–water partition coefficient (Wildman–Crippen LogP) is 2.37. The smallest absolute Gasteiger partial charge is 0.408 e. The fourth-order valence-electron chi connectivity index (χ4n) is 5.31. The molecule has 5 rings (SSSR count). The number of carbonyl (C=O) groups excluding carboxylic acids is 4. The van der Waals surface area contributed by atoms with Crippen LogP contribution in [0.25, 0.3) is 0 Å². The number of alkyl carbamates (subject to hydrolysis) is 1. The van der Waals surface area contributed by atoms with Crippen molar-refractivity contribution in [2.45, 2.75) is 89.1 Å². The van der Waals surface area contributed by atoms with Gasteiger partial charge in [-0.3, -0.25) is 25.3 Å². The summed E-state index contributed by atoms with van der Waals surface area (Å²) < 4.78 is 5.28. The molecule has 3 N–H and O–H groups in total. The molecule has 2 aliphatic carbocycles. The number of hydroxylamine groups is 2. The van der Waals surface area contributed by atoms with Gasteiger partial charge in [0.25, 0.3) is 5.91 Å². The number of rotatable bonds is 7. The van der Waals surface area contributed by atoms with E-state index in [0.29, 0.717) is 25.8 Å². The first-order valence-corrected chi connectivity index (χ1v) is 12.9. The maximum absolute atomic E-state index is 13.2. The molecule has 2 saturated carbocycles. The van der Waals surface area contributed by atoms with Gasteiger partial charge in [-0.2, -0.15) is 5.06 Å². The molecule has 1 aromatic carbocycles. The van der Waals surface area contributed by atoms with Crippen LogP contribution in [0.1, 0.15) is 64.9 Å². The average molecular weight is 514 g/mol. The number of nitrogens with zero attached hydrogens (tertiary/aromatic N) is 2. The quantitative estimate of drug-likeness (QED) is 0.480. The number of hydrogen-bond donors (Lipinski definition) is 3. The number of fused-ring (bicyclic) bond motifs is 3. The highest BCUT2D eigenvalue weighted by molar-refractivity contribution is 5.90. The zero-order chi connectivity index (χ0) is 26.4. The lowest BCUT2D eigenvalue weighted by molar-refractivity contribution is -0.153. The van der Waals surface area contributed by atoms with Crippen molar-refractivity contribution < 1.29 is 28.8 Å². The average Bonchev–Trinajstić information content (AvgIpc) is 3.75. The lowest BCUT2D eigenvalue weighted by Crippen LogP contribution is -2.56. The van der Waals surface area contributed by atoms with E-state index in [4.69, 9.17) is 9.57 Å². The van der Waals surface area contributed by atoms with Gasteiger partial charge < -0.3 is 15.0 Å². The van der Waals surface area contributed by atoms with E-state index < -0.39 is 35.1 Å². The van der Waals surface area contributed by atoms with Crippen molar-refractivity contribution in [1.29, 1.82) is 0 Å². The van der Waals surface area contributed by atoms with Crippen molar-refractivity contribution in [2.75, 3.05) is 6.54 Å². The summed E-state index contributed by atoms with van der Waals surface area (Å²) in [5.74, 6) is -0.849. The minimum absolute atomic E-state index is 0.0208. The summed E-state index contributed by atoms with van der Waals surface area (Å²) in [6.07, 6.45) is 3.15. The summed E-state index contributed by atoms with van der Waals surface area (Å²) in [6.45, 7) is 6.01. The Labute approximate surface area is 216 Å². The van der Waals surface area contributed by atoms with Gasteiger partial charge in [0.15, 0.2) is 0 Å². The third kappa shape index (κ3) is 5.51. The highest BCUT2D eigenvalue weighted by Gasteiger charge is 2.64. The maximum Gasteiger partial charge on any atom is 0.408 e. The highest BCUT2D eigenvalue weighted by Crippen LogP contribution is 2.59.